The van der Waals surface area contributed by atoms with E-state index in [1.54, 1.807) is 42.1 Å². The normalized spacial score (nSPS) is 10.6. The molecule has 1 amide bonds. The molecule has 0 atom stereocenters. The van der Waals surface area contributed by atoms with Crippen LogP contribution in [0.4, 0.5) is 14.6 Å². The summed E-state index contributed by atoms with van der Waals surface area (Å²) in [5.74, 6) is -1.61. The van der Waals surface area contributed by atoms with Gasteiger partial charge >= 0.3 is 0 Å². The quantitative estimate of drug-likeness (QED) is 0.504. The molecule has 0 bridgehead atoms. The van der Waals surface area contributed by atoms with Crippen LogP contribution in [0.1, 0.15) is 10.4 Å². The lowest BCUT2D eigenvalue weighted by molar-refractivity contribution is 0.102. The predicted octanol–water partition coefficient (Wildman–Crippen LogP) is 5.08. The zero-order chi connectivity index (χ0) is 21.1. The molecule has 0 aliphatic carbocycles. The van der Waals surface area contributed by atoms with E-state index in [0.717, 1.165) is 17.7 Å². The number of nitrogens with one attached hydrogen (secondary N) is 1. The highest BCUT2D eigenvalue weighted by molar-refractivity contribution is 6.04. The molecule has 7 heteroatoms. The number of ether oxygens (including phenoxy) is 1. The smallest absolute Gasteiger partial charge is 0.256 e. The van der Waals surface area contributed by atoms with Crippen molar-refractivity contribution in [1.82, 2.24) is 9.78 Å². The first-order chi connectivity index (χ1) is 14.5. The Morgan fingerprint density at radius 1 is 0.933 bits per heavy atom. The number of anilines is 1. The summed E-state index contributed by atoms with van der Waals surface area (Å²) < 4.78 is 33.5. The second-order valence-corrected chi connectivity index (χ2v) is 6.47. The molecule has 0 saturated heterocycles. The van der Waals surface area contributed by atoms with Gasteiger partial charge in [0, 0.05) is 17.2 Å². The third-order valence-corrected chi connectivity index (χ3v) is 4.52. The van der Waals surface area contributed by atoms with Crippen LogP contribution in [0.5, 0.6) is 5.75 Å². The molecule has 0 fully saturated rings. The summed E-state index contributed by atoms with van der Waals surface area (Å²) in [5.41, 5.74) is 2.20. The third-order valence-electron chi connectivity index (χ3n) is 4.52. The van der Waals surface area contributed by atoms with Gasteiger partial charge in [-0.2, -0.15) is 5.10 Å². The Hall–Kier alpha value is -4.00. The molecule has 4 rings (SSSR count). The van der Waals surface area contributed by atoms with Crippen LogP contribution < -0.4 is 10.1 Å². The molecule has 1 aromatic heterocycles. The highest BCUT2D eigenvalue weighted by Crippen LogP contribution is 2.26. The molecule has 0 aliphatic heterocycles. The molecular formula is C23H17F2N3O2. The van der Waals surface area contributed by atoms with E-state index in [2.05, 4.69) is 10.4 Å². The van der Waals surface area contributed by atoms with E-state index in [1.807, 2.05) is 30.3 Å². The predicted molar refractivity (Wildman–Crippen MR) is 110 cm³/mol. The molecule has 1 heterocycles. The average molecular weight is 405 g/mol. The lowest BCUT2D eigenvalue weighted by Gasteiger charge is -2.10. The van der Waals surface area contributed by atoms with Gasteiger partial charge in [-0.1, -0.05) is 30.3 Å². The van der Waals surface area contributed by atoms with E-state index in [-0.39, 0.29) is 5.56 Å². The highest BCUT2D eigenvalue weighted by atomic mass is 19.2. The van der Waals surface area contributed by atoms with Crippen molar-refractivity contribution in [3.8, 4) is 22.7 Å². The first kappa shape index (κ1) is 19.3. The van der Waals surface area contributed by atoms with E-state index in [9.17, 15) is 13.6 Å². The molecule has 0 aliphatic rings. The molecule has 150 valence electrons. The number of amides is 1. The van der Waals surface area contributed by atoms with E-state index in [4.69, 9.17) is 4.74 Å². The Bertz CT molecular complexity index is 1190. The second kappa shape index (κ2) is 8.16. The summed E-state index contributed by atoms with van der Waals surface area (Å²) in [6.07, 6.45) is 0. The minimum Gasteiger partial charge on any atom is -0.497 e. The lowest BCUT2D eigenvalue weighted by atomic mass is 10.1. The molecule has 0 radical (unpaired) electrons. The average Bonchev–Trinajstić information content (AvgIpc) is 3.20. The van der Waals surface area contributed by atoms with Crippen LogP contribution in [0.3, 0.4) is 0 Å². The number of benzene rings is 3. The van der Waals surface area contributed by atoms with Crippen LogP contribution >= 0.6 is 0 Å². The molecule has 1 N–H and O–H groups in total. The van der Waals surface area contributed by atoms with E-state index in [1.165, 1.54) is 6.07 Å². The van der Waals surface area contributed by atoms with Crippen molar-refractivity contribution < 1.29 is 18.3 Å². The Morgan fingerprint density at radius 3 is 2.33 bits per heavy atom. The Kier molecular flexibility index (Phi) is 5.26. The second-order valence-electron chi connectivity index (χ2n) is 6.47. The van der Waals surface area contributed by atoms with Gasteiger partial charge in [-0.25, -0.2) is 13.5 Å². The fourth-order valence-corrected chi connectivity index (χ4v) is 2.97. The molecule has 0 saturated carbocycles. The third kappa shape index (κ3) is 3.91. The van der Waals surface area contributed by atoms with Crippen LogP contribution in [-0.2, 0) is 0 Å². The summed E-state index contributed by atoms with van der Waals surface area (Å²) in [4.78, 5) is 12.6. The standard InChI is InChI=1S/C23H17F2N3O2/c1-30-18-10-8-17(9-11-18)28-22(14-21(27-28)15-5-3-2-4-6-15)26-23(29)16-7-12-19(24)20(25)13-16/h2-14H,1H3,(H,26,29). The summed E-state index contributed by atoms with van der Waals surface area (Å²) in [7, 11) is 1.57. The number of carbonyl (C=O) groups is 1. The molecule has 4 aromatic rings. The van der Waals surface area contributed by atoms with Crippen molar-refractivity contribution in [3.05, 3.63) is 96.1 Å². The van der Waals surface area contributed by atoms with Crippen molar-refractivity contribution >= 4 is 11.7 Å². The van der Waals surface area contributed by atoms with Gasteiger partial charge in [-0.05, 0) is 42.5 Å². The largest absolute Gasteiger partial charge is 0.497 e. The molecule has 0 spiro atoms. The summed E-state index contributed by atoms with van der Waals surface area (Å²) >= 11 is 0. The van der Waals surface area contributed by atoms with Crippen molar-refractivity contribution in [2.75, 3.05) is 12.4 Å². The maximum absolute atomic E-state index is 13.5. The number of rotatable bonds is 5. The van der Waals surface area contributed by atoms with Crippen molar-refractivity contribution in [3.63, 3.8) is 0 Å². The number of aromatic nitrogens is 2. The molecule has 30 heavy (non-hydrogen) atoms. The van der Waals surface area contributed by atoms with E-state index < -0.39 is 17.5 Å². The van der Waals surface area contributed by atoms with Crippen molar-refractivity contribution in [2.24, 2.45) is 0 Å². The van der Waals surface area contributed by atoms with Crippen LogP contribution in [0.15, 0.2) is 78.9 Å². The summed E-state index contributed by atoms with van der Waals surface area (Å²) in [6, 6.07) is 21.4. The van der Waals surface area contributed by atoms with Gasteiger partial charge < -0.3 is 10.1 Å². The topological polar surface area (TPSA) is 56.1 Å². The van der Waals surface area contributed by atoms with Gasteiger partial charge in [0.2, 0.25) is 0 Å². The molecule has 5 nitrogen and oxygen atoms in total. The molecule has 3 aromatic carbocycles. The van der Waals surface area contributed by atoms with Gasteiger partial charge in [-0.15, -0.1) is 0 Å². The maximum Gasteiger partial charge on any atom is 0.256 e. The molecule has 0 unspecified atom stereocenters. The fraction of sp³-hybridized carbons (Fsp3) is 0.0435. The fourth-order valence-electron chi connectivity index (χ4n) is 2.97. The van der Waals surface area contributed by atoms with Gasteiger partial charge in [-0.3, -0.25) is 4.79 Å². The van der Waals surface area contributed by atoms with Gasteiger partial charge in [0.1, 0.15) is 11.6 Å². The zero-order valence-corrected chi connectivity index (χ0v) is 16.0. The van der Waals surface area contributed by atoms with Gasteiger partial charge in [0.05, 0.1) is 18.5 Å². The van der Waals surface area contributed by atoms with Crippen LogP contribution in [0.25, 0.3) is 16.9 Å². The van der Waals surface area contributed by atoms with Gasteiger partial charge in [0.15, 0.2) is 11.6 Å². The molecular weight excluding hydrogens is 388 g/mol. The highest BCUT2D eigenvalue weighted by Gasteiger charge is 2.16. The SMILES string of the molecule is COc1ccc(-n2nc(-c3ccccc3)cc2NC(=O)c2ccc(F)c(F)c2)cc1. The Balaban J connectivity index is 1.73. The number of methoxy groups -OCH3 is 1. The first-order valence-electron chi connectivity index (χ1n) is 9.11. The van der Waals surface area contributed by atoms with Gasteiger partial charge in [0.25, 0.3) is 5.91 Å². The Labute approximate surface area is 171 Å². The number of halogens is 2. The van der Waals surface area contributed by atoms with Crippen LogP contribution in [0.2, 0.25) is 0 Å². The van der Waals surface area contributed by atoms with Crippen molar-refractivity contribution in [2.45, 2.75) is 0 Å². The number of nitrogens with zero attached hydrogens (tertiary/aromatic N) is 2. The lowest BCUT2D eigenvalue weighted by Crippen LogP contribution is -2.15. The van der Waals surface area contributed by atoms with E-state index in [0.29, 0.717) is 22.9 Å². The monoisotopic (exact) mass is 405 g/mol. The summed E-state index contributed by atoms with van der Waals surface area (Å²) in [5, 5.41) is 7.34. The zero-order valence-electron chi connectivity index (χ0n) is 16.0. The summed E-state index contributed by atoms with van der Waals surface area (Å²) in [6.45, 7) is 0. The number of hydrogen-bond donors (Lipinski definition) is 1. The van der Waals surface area contributed by atoms with Crippen LogP contribution in [-0.4, -0.2) is 22.8 Å². The Morgan fingerprint density at radius 2 is 1.67 bits per heavy atom. The maximum atomic E-state index is 13.5. The first-order valence-corrected chi connectivity index (χ1v) is 9.11. The van der Waals surface area contributed by atoms with Crippen LogP contribution in [0, 0.1) is 11.6 Å². The minimum absolute atomic E-state index is 0.00218. The number of hydrogen-bond acceptors (Lipinski definition) is 3. The van der Waals surface area contributed by atoms with E-state index >= 15 is 0 Å². The van der Waals surface area contributed by atoms with Crippen molar-refractivity contribution in [1.29, 1.82) is 0 Å². The minimum atomic E-state index is -1.09. The number of carbonyl (C=O) groups excluding carboxylic acids is 1.